The Morgan fingerprint density at radius 1 is 0.885 bits per heavy atom. The van der Waals surface area contributed by atoms with Gasteiger partial charge in [-0.15, -0.1) is 0 Å². The van der Waals surface area contributed by atoms with Crippen LogP contribution in [0.3, 0.4) is 0 Å². The van der Waals surface area contributed by atoms with Crippen molar-refractivity contribution in [3.05, 3.63) is 0 Å². The molecule has 1 heterocycles. The van der Waals surface area contributed by atoms with E-state index in [1.54, 1.807) is 0 Å². The number of unbranched alkanes of at least 4 members (excludes halogenated alkanes) is 5. The molecular weight excluding hydrogens is 324 g/mol. The van der Waals surface area contributed by atoms with E-state index in [2.05, 4.69) is 17.1 Å². The fourth-order valence-corrected chi connectivity index (χ4v) is 4.68. The highest BCUT2D eigenvalue weighted by Gasteiger charge is 2.35. The molecule has 26 heavy (non-hydrogen) atoms. The number of carbonyl (C=O) groups excluding carboxylic acids is 2. The van der Waals surface area contributed by atoms with E-state index < -0.39 is 0 Å². The predicted octanol–water partition coefficient (Wildman–Crippen LogP) is 4.81. The Bertz CT molecular complexity index is 422. The van der Waals surface area contributed by atoms with Gasteiger partial charge in [0.15, 0.2) is 0 Å². The lowest BCUT2D eigenvalue weighted by Crippen LogP contribution is -2.49. The van der Waals surface area contributed by atoms with Crippen LogP contribution < -0.4 is 5.32 Å². The van der Waals surface area contributed by atoms with Crippen LogP contribution in [-0.2, 0) is 9.59 Å². The predicted molar refractivity (Wildman–Crippen MR) is 107 cm³/mol. The summed E-state index contributed by atoms with van der Waals surface area (Å²) >= 11 is 0. The van der Waals surface area contributed by atoms with E-state index in [-0.39, 0.29) is 5.91 Å². The highest BCUT2D eigenvalue weighted by atomic mass is 16.2. The first-order valence-corrected chi connectivity index (χ1v) is 11.3. The topological polar surface area (TPSA) is 49.4 Å². The molecule has 2 rings (SSSR count). The van der Waals surface area contributed by atoms with Crippen LogP contribution in [0.1, 0.15) is 103 Å². The number of hydrogen-bond acceptors (Lipinski definition) is 2. The summed E-state index contributed by atoms with van der Waals surface area (Å²) in [6.45, 7) is 3.97. The summed E-state index contributed by atoms with van der Waals surface area (Å²) in [7, 11) is 0. The van der Waals surface area contributed by atoms with Crippen LogP contribution in [0.15, 0.2) is 0 Å². The van der Waals surface area contributed by atoms with Gasteiger partial charge in [-0.05, 0) is 50.9 Å². The van der Waals surface area contributed by atoms with E-state index in [4.69, 9.17) is 0 Å². The van der Waals surface area contributed by atoms with Crippen molar-refractivity contribution >= 4 is 11.8 Å². The molecule has 0 radical (unpaired) electrons. The van der Waals surface area contributed by atoms with Crippen LogP contribution in [0, 0.1) is 5.92 Å². The molecule has 4 nitrogen and oxygen atoms in total. The Labute approximate surface area is 160 Å². The smallest absolute Gasteiger partial charge is 0.222 e. The number of amides is 2. The van der Waals surface area contributed by atoms with E-state index in [0.717, 1.165) is 38.3 Å². The number of nitrogens with zero attached hydrogens (tertiary/aromatic N) is 1. The van der Waals surface area contributed by atoms with Gasteiger partial charge in [-0.1, -0.05) is 45.4 Å². The second-order valence-corrected chi connectivity index (χ2v) is 8.31. The van der Waals surface area contributed by atoms with Gasteiger partial charge in [0.1, 0.15) is 0 Å². The number of fused-ring (bicyclic) bond motifs is 1. The van der Waals surface area contributed by atoms with Crippen molar-refractivity contribution in [3.63, 3.8) is 0 Å². The maximum absolute atomic E-state index is 12.6. The lowest BCUT2D eigenvalue weighted by molar-refractivity contribution is -0.137. The lowest BCUT2D eigenvalue weighted by Gasteiger charge is -2.44. The van der Waals surface area contributed by atoms with Gasteiger partial charge in [0.2, 0.25) is 11.8 Å². The Kier molecular flexibility index (Phi) is 10.1. The van der Waals surface area contributed by atoms with Gasteiger partial charge in [-0.2, -0.15) is 0 Å². The molecule has 0 aromatic rings. The third-order valence-corrected chi connectivity index (χ3v) is 6.21. The van der Waals surface area contributed by atoms with Gasteiger partial charge >= 0.3 is 0 Å². The Morgan fingerprint density at radius 3 is 2.46 bits per heavy atom. The third kappa shape index (κ3) is 7.28. The monoisotopic (exact) mass is 364 g/mol. The van der Waals surface area contributed by atoms with E-state index in [0.29, 0.717) is 24.8 Å². The van der Waals surface area contributed by atoms with Crippen LogP contribution in [0.25, 0.3) is 0 Å². The Balaban J connectivity index is 1.53. The van der Waals surface area contributed by atoms with Gasteiger partial charge in [0, 0.05) is 32.0 Å². The number of carbonyl (C=O) groups is 2. The van der Waals surface area contributed by atoms with Crippen LogP contribution in [0.5, 0.6) is 0 Å². The minimum Gasteiger partial charge on any atom is -0.356 e. The molecular formula is C22H40N2O2. The maximum atomic E-state index is 12.6. The van der Waals surface area contributed by atoms with Gasteiger partial charge in [0.25, 0.3) is 0 Å². The molecule has 150 valence electrons. The van der Waals surface area contributed by atoms with Crippen LogP contribution in [0.2, 0.25) is 0 Å². The molecule has 1 N–H and O–H groups in total. The van der Waals surface area contributed by atoms with Crippen molar-refractivity contribution in [2.24, 2.45) is 5.92 Å². The zero-order valence-electron chi connectivity index (χ0n) is 16.9. The molecule has 1 aliphatic carbocycles. The van der Waals surface area contributed by atoms with Gasteiger partial charge in [-0.3, -0.25) is 9.59 Å². The second-order valence-electron chi connectivity index (χ2n) is 8.31. The SMILES string of the molecule is CCCCCCCNC(=O)CCCCC(=O)N1CCCC2CCCCC21. The molecule has 0 bridgehead atoms. The van der Waals surface area contributed by atoms with Crippen molar-refractivity contribution < 1.29 is 9.59 Å². The minimum atomic E-state index is 0.151. The van der Waals surface area contributed by atoms with Gasteiger partial charge < -0.3 is 10.2 Å². The Hall–Kier alpha value is -1.06. The second kappa shape index (κ2) is 12.3. The van der Waals surface area contributed by atoms with Crippen LogP contribution in [-0.4, -0.2) is 35.8 Å². The molecule has 4 heteroatoms. The first-order valence-electron chi connectivity index (χ1n) is 11.3. The summed E-state index contributed by atoms with van der Waals surface area (Å²) < 4.78 is 0. The molecule has 0 aromatic carbocycles. The molecule has 0 spiro atoms. The van der Waals surface area contributed by atoms with E-state index in [1.165, 1.54) is 64.2 Å². The zero-order valence-corrected chi connectivity index (χ0v) is 16.9. The summed E-state index contributed by atoms with van der Waals surface area (Å²) in [6, 6.07) is 0.515. The third-order valence-electron chi connectivity index (χ3n) is 6.21. The van der Waals surface area contributed by atoms with Crippen molar-refractivity contribution in [1.29, 1.82) is 0 Å². The average Bonchev–Trinajstić information content (AvgIpc) is 2.67. The molecule has 2 fully saturated rings. The molecule has 2 atom stereocenters. The quantitative estimate of drug-likeness (QED) is 0.535. The Morgan fingerprint density at radius 2 is 1.62 bits per heavy atom. The van der Waals surface area contributed by atoms with Crippen molar-refractivity contribution in [3.8, 4) is 0 Å². The zero-order chi connectivity index (χ0) is 18.6. The molecule has 2 aliphatic rings. The normalized spacial score (nSPS) is 22.7. The molecule has 1 aliphatic heterocycles. The number of nitrogens with one attached hydrogen (secondary N) is 1. The highest BCUT2D eigenvalue weighted by molar-refractivity contribution is 5.77. The fraction of sp³-hybridized carbons (Fsp3) is 0.909. The first kappa shape index (κ1) is 21.2. The number of likely N-dealkylation sites (tertiary alicyclic amines) is 1. The summed E-state index contributed by atoms with van der Waals surface area (Å²) in [6.07, 6.45) is 16.6. The molecule has 1 saturated carbocycles. The lowest BCUT2D eigenvalue weighted by atomic mass is 9.78. The molecule has 0 aromatic heterocycles. The van der Waals surface area contributed by atoms with Crippen molar-refractivity contribution in [1.82, 2.24) is 10.2 Å². The average molecular weight is 365 g/mol. The van der Waals surface area contributed by atoms with Gasteiger partial charge in [-0.25, -0.2) is 0 Å². The van der Waals surface area contributed by atoms with E-state index in [1.807, 2.05) is 0 Å². The van der Waals surface area contributed by atoms with Gasteiger partial charge in [0.05, 0.1) is 0 Å². The van der Waals surface area contributed by atoms with Crippen molar-refractivity contribution in [2.45, 2.75) is 109 Å². The summed E-state index contributed by atoms with van der Waals surface area (Å²) in [4.78, 5) is 26.7. The number of hydrogen-bond donors (Lipinski definition) is 1. The summed E-state index contributed by atoms with van der Waals surface area (Å²) in [5.74, 6) is 1.24. The van der Waals surface area contributed by atoms with Crippen LogP contribution in [0.4, 0.5) is 0 Å². The fourth-order valence-electron chi connectivity index (χ4n) is 4.68. The summed E-state index contributed by atoms with van der Waals surface area (Å²) in [5, 5.41) is 3.01. The van der Waals surface area contributed by atoms with Crippen LogP contribution >= 0.6 is 0 Å². The molecule has 1 saturated heterocycles. The minimum absolute atomic E-state index is 0.151. The summed E-state index contributed by atoms with van der Waals surface area (Å²) in [5.41, 5.74) is 0. The maximum Gasteiger partial charge on any atom is 0.222 e. The van der Waals surface area contributed by atoms with E-state index >= 15 is 0 Å². The standard InChI is InChI=1S/C22H40N2O2/c1-2-3-4-5-10-17-23-21(25)15-8-9-16-22(26)24-18-11-13-19-12-6-7-14-20(19)24/h19-20H,2-18H2,1H3,(H,23,25). The van der Waals surface area contributed by atoms with Crippen molar-refractivity contribution in [2.75, 3.05) is 13.1 Å². The highest BCUT2D eigenvalue weighted by Crippen LogP contribution is 2.35. The largest absolute Gasteiger partial charge is 0.356 e. The first-order chi connectivity index (χ1) is 12.7. The molecule has 2 amide bonds. The number of piperidine rings is 1. The molecule has 2 unspecified atom stereocenters. The number of rotatable bonds is 11. The van der Waals surface area contributed by atoms with E-state index in [9.17, 15) is 9.59 Å².